The topological polar surface area (TPSA) is 47.8 Å². The molecular weight excluding hydrogens is 355 g/mol. The molecule has 0 aliphatic rings. The van der Waals surface area contributed by atoms with E-state index >= 15 is 0 Å². The van der Waals surface area contributed by atoms with Gasteiger partial charge in [-0.2, -0.15) is 18.9 Å². The fraction of sp³-hybridized carbons (Fsp3) is 0.118. The van der Waals surface area contributed by atoms with Crippen LogP contribution in [0.5, 0.6) is 0 Å². The molecule has 4 nitrogen and oxygen atoms in total. The third-order valence-corrected chi connectivity index (χ3v) is 3.80. The number of rotatable bonds is 3. The molecule has 3 rings (SSSR count). The number of benzene rings is 1. The van der Waals surface area contributed by atoms with E-state index in [4.69, 9.17) is 11.6 Å². The molecule has 2 heterocycles. The van der Waals surface area contributed by atoms with Crippen LogP contribution in [0.15, 0.2) is 41.2 Å². The van der Waals surface area contributed by atoms with E-state index in [0.717, 1.165) is 10.2 Å². The van der Waals surface area contributed by atoms with Crippen LogP contribution in [0.25, 0.3) is 11.3 Å². The number of nitrogens with zero attached hydrogens (tertiary/aromatic N) is 3. The zero-order chi connectivity index (χ0) is 18.1. The number of aryl methyl sites for hydroxylation is 1. The highest BCUT2D eigenvalue weighted by atomic mass is 35.5. The van der Waals surface area contributed by atoms with Gasteiger partial charge in [-0.05, 0) is 30.7 Å². The van der Waals surface area contributed by atoms with Gasteiger partial charge < -0.3 is 0 Å². The maximum atomic E-state index is 14.0. The van der Waals surface area contributed by atoms with Gasteiger partial charge in [-0.25, -0.2) is 9.07 Å². The van der Waals surface area contributed by atoms with E-state index < -0.39 is 28.8 Å². The fourth-order valence-corrected chi connectivity index (χ4v) is 2.48. The van der Waals surface area contributed by atoms with Crippen molar-refractivity contribution in [2.75, 3.05) is 0 Å². The van der Waals surface area contributed by atoms with Crippen molar-refractivity contribution < 1.29 is 13.2 Å². The zero-order valence-electron chi connectivity index (χ0n) is 12.9. The second kappa shape index (κ2) is 6.68. The first-order chi connectivity index (χ1) is 11.8. The Morgan fingerprint density at radius 3 is 2.44 bits per heavy atom. The van der Waals surface area contributed by atoms with Crippen molar-refractivity contribution in [1.29, 1.82) is 0 Å². The van der Waals surface area contributed by atoms with Gasteiger partial charge in [0.25, 0.3) is 5.56 Å². The van der Waals surface area contributed by atoms with E-state index in [1.165, 1.54) is 13.0 Å². The van der Waals surface area contributed by atoms with Crippen molar-refractivity contribution in [2.45, 2.75) is 13.5 Å². The average molecular weight is 366 g/mol. The zero-order valence-corrected chi connectivity index (χ0v) is 13.7. The van der Waals surface area contributed by atoms with E-state index in [2.05, 4.69) is 10.1 Å². The van der Waals surface area contributed by atoms with Crippen molar-refractivity contribution in [3.63, 3.8) is 0 Å². The summed E-state index contributed by atoms with van der Waals surface area (Å²) in [4.78, 5) is 15.2. The fourth-order valence-electron chi connectivity index (χ4n) is 2.35. The molecule has 0 amide bonds. The number of halogens is 4. The number of pyridine rings is 1. The molecule has 0 saturated heterocycles. The summed E-state index contributed by atoms with van der Waals surface area (Å²) < 4.78 is 41.9. The predicted octanol–water partition coefficient (Wildman–Crippen LogP) is 3.73. The molecule has 0 saturated carbocycles. The van der Waals surface area contributed by atoms with Crippen LogP contribution < -0.4 is 5.56 Å². The first kappa shape index (κ1) is 17.2. The van der Waals surface area contributed by atoms with Crippen molar-refractivity contribution >= 4 is 11.6 Å². The van der Waals surface area contributed by atoms with Gasteiger partial charge >= 0.3 is 0 Å². The van der Waals surface area contributed by atoms with Crippen LogP contribution in [0, 0.1) is 24.6 Å². The summed E-state index contributed by atoms with van der Waals surface area (Å²) in [6.45, 7) is 1.58. The maximum absolute atomic E-state index is 14.0. The number of hydrogen-bond donors (Lipinski definition) is 0. The van der Waals surface area contributed by atoms with E-state index in [0.29, 0.717) is 11.1 Å². The molecule has 8 heteroatoms. The van der Waals surface area contributed by atoms with Gasteiger partial charge in [-0.1, -0.05) is 23.7 Å². The van der Waals surface area contributed by atoms with Gasteiger partial charge in [0.1, 0.15) is 5.82 Å². The third-order valence-electron chi connectivity index (χ3n) is 3.55. The molecule has 1 aromatic carbocycles. The molecule has 128 valence electrons. The molecule has 0 spiro atoms. The van der Waals surface area contributed by atoms with Crippen LogP contribution in [0.4, 0.5) is 13.2 Å². The molecule has 0 N–H and O–H groups in total. The molecule has 0 atom stereocenters. The summed E-state index contributed by atoms with van der Waals surface area (Å²) in [7, 11) is 0. The average Bonchev–Trinajstić information content (AvgIpc) is 2.53. The highest BCUT2D eigenvalue weighted by molar-refractivity contribution is 6.30. The van der Waals surface area contributed by atoms with Crippen LogP contribution in [0.3, 0.4) is 0 Å². The lowest BCUT2D eigenvalue weighted by Crippen LogP contribution is -2.26. The lowest BCUT2D eigenvalue weighted by atomic mass is 10.1. The van der Waals surface area contributed by atoms with E-state index in [9.17, 15) is 18.0 Å². The Kier molecular flexibility index (Phi) is 4.59. The highest BCUT2D eigenvalue weighted by Gasteiger charge is 2.18. The van der Waals surface area contributed by atoms with Crippen LogP contribution >= 0.6 is 11.6 Å². The molecule has 2 aromatic heterocycles. The summed E-state index contributed by atoms with van der Waals surface area (Å²) in [5.74, 6) is -3.75. The standard InChI is InChI=1S/C17H11ClF3N3O/c1-9-6-13(15-12(19)7-14(20)22-16(15)21)23-24(17(9)25)8-10-2-4-11(18)5-3-10/h2-7H,8H2,1H3. The summed E-state index contributed by atoms with van der Waals surface area (Å²) in [6, 6.07) is 8.42. The van der Waals surface area contributed by atoms with E-state index in [1.54, 1.807) is 24.3 Å². The molecule has 0 bridgehead atoms. The quantitative estimate of drug-likeness (QED) is 0.664. The molecule has 0 unspecified atom stereocenters. The van der Waals surface area contributed by atoms with Crippen LogP contribution in [-0.2, 0) is 6.54 Å². The minimum atomic E-state index is -1.33. The number of hydrogen-bond acceptors (Lipinski definition) is 3. The van der Waals surface area contributed by atoms with E-state index in [1.807, 2.05) is 0 Å². The normalized spacial score (nSPS) is 10.9. The monoisotopic (exact) mass is 365 g/mol. The second-order valence-corrected chi connectivity index (χ2v) is 5.83. The molecular formula is C17H11ClF3N3O. The lowest BCUT2D eigenvalue weighted by molar-refractivity contribution is 0.490. The largest absolute Gasteiger partial charge is 0.270 e. The summed E-state index contributed by atoms with van der Waals surface area (Å²) >= 11 is 5.82. The smallest absolute Gasteiger partial charge is 0.268 e. The molecule has 0 aliphatic carbocycles. The van der Waals surface area contributed by atoms with Gasteiger partial charge in [0.2, 0.25) is 11.9 Å². The summed E-state index contributed by atoms with van der Waals surface area (Å²) in [5.41, 5.74) is -0.173. The Morgan fingerprint density at radius 2 is 1.80 bits per heavy atom. The number of aromatic nitrogens is 3. The Morgan fingerprint density at radius 1 is 1.12 bits per heavy atom. The van der Waals surface area contributed by atoms with Crippen molar-refractivity contribution in [3.05, 3.63) is 80.6 Å². The molecule has 0 radical (unpaired) electrons. The van der Waals surface area contributed by atoms with Gasteiger partial charge in [0, 0.05) is 16.7 Å². The Bertz CT molecular complexity index is 980. The van der Waals surface area contributed by atoms with Crippen molar-refractivity contribution in [2.24, 2.45) is 0 Å². The van der Waals surface area contributed by atoms with Gasteiger partial charge in [-0.15, -0.1) is 0 Å². The van der Waals surface area contributed by atoms with Crippen LogP contribution in [0.2, 0.25) is 5.02 Å². The van der Waals surface area contributed by atoms with Crippen molar-refractivity contribution in [3.8, 4) is 11.3 Å². The molecule has 25 heavy (non-hydrogen) atoms. The van der Waals surface area contributed by atoms with E-state index in [-0.39, 0.29) is 17.8 Å². The highest BCUT2D eigenvalue weighted by Crippen LogP contribution is 2.23. The predicted molar refractivity (Wildman–Crippen MR) is 86.9 cm³/mol. The van der Waals surface area contributed by atoms with Crippen LogP contribution in [-0.4, -0.2) is 14.8 Å². The lowest BCUT2D eigenvalue weighted by Gasteiger charge is -2.10. The minimum Gasteiger partial charge on any atom is -0.268 e. The Balaban J connectivity index is 2.10. The molecule has 0 fully saturated rings. The Labute approximate surface area is 145 Å². The molecule has 0 aliphatic heterocycles. The second-order valence-electron chi connectivity index (χ2n) is 5.39. The SMILES string of the molecule is Cc1cc(-c2c(F)cc(F)nc2F)nn(Cc2ccc(Cl)cc2)c1=O. The summed E-state index contributed by atoms with van der Waals surface area (Å²) in [6.07, 6.45) is 0. The summed E-state index contributed by atoms with van der Waals surface area (Å²) in [5, 5.41) is 4.54. The van der Waals surface area contributed by atoms with Gasteiger partial charge in [0.15, 0.2) is 0 Å². The van der Waals surface area contributed by atoms with Gasteiger partial charge in [-0.3, -0.25) is 4.79 Å². The Hall–Kier alpha value is -2.67. The van der Waals surface area contributed by atoms with Crippen molar-refractivity contribution in [1.82, 2.24) is 14.8 Å². The van der Waals surface area contributed by atoms with Crippen LogP contribution in [0.1, 0.15) is 11.1 Å². The molecule has 3 aromatic rings. The minimum absolute atomic E-state index is 0.0859. The third kappa shape index (κ3) is 3.56. The maximum Gasteiger partial charge on any atom is 0.270 e. The first-order valence-corrected chi connectivity index (χ1v) is 7.58. The first-order valence-electron chi connectivity index (χ1n) is 7.20. The van der Waals surface area contributed by atoms with Gasteiger partial charge in [0.05, 0.1) is 17.8 Å².